The van der Waals surface area contributed by atoms with Gasteiger partial charge in [0.25, 0.3) is 5.91 Å². The van der Waals surface area contributed by atoms with E-state index in [1.807, 2.05) is 6.07 Å². The normalized spacial score (nSPS) is 9.88. The number of nitrogens with one attached hydrogen (secondary N) is 1. The summed E-state index contributed by atoms with van der Waals surface area (Å²) in [6.07, 6.45) is 0. The van der Waals surface area contributed by atoms with Crippen LogP contribution in [0.2, 0.25) is 0 Å². The van der Waals surface area contributed by atoms with Gasteiger partial charge in [0, 0.05) is 0 Å². The number of nitriles is 1. The van der Waals surface area contributed by atoms with Crippen LogP contribution in [0, 0.1) is 18.3 Å². The maximum absolute atomic E-state index is 11.9. The average Bonchev–Trinajstić information content (AvgIpc) is 2.93. The van der Waals surface area contributed by atoms with Gasteiger partial charge in [0.2, 0.25) is 0 Å². The van der Waals surface area contributed by atoms with E-state index in [0.29, 0.717) is 27.8 Å². The molecule has 0 saturated heterocycles. The number of benzene rings is 1. The van der Waals surface area contributed by atoms with Crippen molar-refractivity contribution in [1.29, 1.82) is 5.26 Å². The Hall–Kier alpha value is -2.85. The highest BCUT2D eigenvalue weighted by atomic mass is 32.1. The molecule has 0 saturated carbocycles. The van der Waals surface area contributed by atoms with E-state index in [1.54, 1.807) is 44.2 Å². The highest BCUT2D eigenvalue weighted by Crippen LogP contribution is 2.27. The fourth-order valence-corrected chi connectivity index (χ4v) is 2.90. The van der Waals surface area contributed by atoms with Crippen LogP contribution in [0.15, 0.2) is 30.3 Å². The smallest absolute Gasteiger partial charge is 0.348 e. The molecule has 0 aliphatic rings. The molecule has 0 radical (unpaired) electrons. The Labute approximate surface area is 143 Å². The van der Waals surface area contributed by atoms with Crippen LogP contribution in [-0.4, -0.2) is 25.1 Å². The first-order chi connectivity index (χ1) is 11.5. The summed E-state index contributed by atoms with van der Waals surface area (Å²) in [5.41, 5.74) is 1.21. The van der Waals surface area contributed by atoms with E-state index in [0.717, 1.165) is 16.9 Å². The number of thiophene rings is 1. The molecule has 1 aromatic heterocycles. The number of anilines is 1. The van der Waals surface area contributed by atoms with Gasteiger partial charge in [-0.2, -0.15) is 5.26 Å². The lowest BCUT2D eigenvalue weighted by atomic mass is 10.2. The third-order valence-corrected chi connectivity index (χ3v) is 4.11. The van der Waals surface area contributed by atoms with Gasteiger partial charge in [-0.25, -0.2) is 4.79 Å². The van der Waals surface area contributed by atoms with Gasteiger partial charge in [-0.3, -0.25) is 4.79 Å². The maximum Gasteiger partial charge on any atom is 0.348 e. The summed E-state index contributed by atoms with van der Waals surface area (Å²) >= 11 is 1.16. The molecule has 2 rings (SSSR count). The van der Waals surface area contributed by atoms with E-state index < -0.39 is 5.97 Å². The van der Waals surface area contributed by atoms with E-state index in [1.165, 1.54) is 0 Å². The Balaban J connectivity index is 1.94. The number of aryl methyl sites for hydroxylation is 1. The van der Waals surface area contributed by atoms with Crippen molar-refractivity contribution >= 4 is 28.2 Å². The van der Waals surface area contributed by atoms with E-state index in [4.69, 9.17) is 14.7 Å². The van der Waals surface area contributed by atoms with Crippen molar-refractivity contribution < 1.29 is 19.1 Å². The molecule has 0 spiro atoms. The van der Waals surface area contributed by atoms with Gasteiger partial charge < -0.3 is 14.8 Å². The number of rotatable bonds is 6. The Morgan fingerprint density at radius 1 is 1.33 bits per heavy atom. The Morgan fingerprint density at radius 3 is 2.83 bits per heavy atom. The third kappa shape index (κ3) is 4.57. The van der Waals surface area contributed by atoms with E-state index in [9.17, 15) is 9.59 Å². The van der Waals surface area contributed by atoms with Gasteiger partial charge in [0.15, 0.2) is 6.61 Å². The van der Waals surface area contributed by atoms with E-state index in [2.05, 4.69) is 5.32 Å². The highest BCUT2D eigenvalue weighted by molar-refractivity contribution is 7.18. The number of hydrogen-bond donors (Lipinski definition) is 1. The zero-order valence-electron chi connectivity index (χ0n) is 13.3. The molecule has 124 valence electrons. The molecular formula is C17H16N2O4S. The first kappa shape index (κ1) is 17.5. The lowest BCUT2D eigenvalue weighted by Gasteiger charge is -2.06. The molecule has 0 bridgehead atoms. The number of carbonyl (C=O) groups is 2. The first-order valence-corrected chi connectivity index (χ1v) is 8.05. The second kappa shape index (κ2) is 8.13. The predicted octanol–water partition coefficient (Wildman–Crippen LogP) is 3.12. The zero-order chi connectivity index (χ0) is 17.5. The van der Waals surface area contributed by atoms with E-state index in [-0.39, 0.29) is 12.5 Å². The molecule has 0 atom stereocenters. The van der Waals surface area contributed by atoms with Crippen LogP contribution in [0.1, 0.15) is 27.7 Å². The number of esters is 1. The number of ether oxygens (including phenoxy) is 2. The monoisotopic (exact) mass is 344 g/mol. The Morgan fingerprint density at radius 2 is 2.12 bits per heavy atom. The number of hydrogen-bond acceptors (Lipinski definition) is 6. The number of carbonyl (C=O) groups excluding carboxylic acids is 2. The van der Waals surface area contributed by atoms with Crippen molar-refractivity contribution in [2.45, 2.75) is 13.8 Å². The quantitative estimate of drug-likeness (QED) is 0.813. The lowest BCUT2D eigenvalue weighted by molar-refractivity contribution is -0.118. The van der Waals surface area contributed by atoms with Crippen molar-refractivity contribution in [2.24, 2.45) is 0 Å². The summed E-state index contributed by atoms with van der Waals surface area (Å²) in [5.74, 6) is -0.308. The zero-order valence-corrected chi connectivity index (χ0v) is 14.1. The summed E-state index contributed by atoms with van der Waals surface area (Å²) < 4.78 is 10.3. The van der Waals surface area contributed by atoms with Gasteiger partial charge in [0.05, 0.1) is 23.2 Å². The maximum atomic E-state index is 11.9. The average molecular weight is 344 g/mol. The van der Waals surface area contributed by atoms with Gasteiger partial charge >= 0.3 is 5.97 Å². The van der Waals surface area contributed by atoms with Crippen LogP contribution in [-0.2, 0) is 9.53 Å². The molecule has 1 amide bonds. The molecule has 0 aliphatic heterocycles. The summed E-state index contributed by atoms with van der Waals surface area (Å²) in [4.78, 5) is 24.2. The highest BCUT2D eigenvalue weighted by Gasteiger charge is 2.16. The molecule has 0 aliphatic carbocycles. The molecule has 24 heavy (non-hydrogen) atoms. The second-order valence-corrected chi connectivity index (χ2v) is 5.87. The minimum atomic E-state index is -0.398. The summed E-state index contributed by atoms with van der Waals surface area (Å²) in [6.45, 7) is 3.62. The number of nitrogens with zero attached hydrogens (tertiary/aromatic N) is 1. The largest absolute Gasteiger partial charge is 0.484 e. The van der Waals surface area contributed by atoms with Crippen LogP contribution >= 0.6 is 11.3 Å². The van der Waals surface area contributed by atoms with Crippen LogP contribution < -0.4 is 10.1 Å². The first-order valence-electron chi connectivity index (χ1n) is 7.24. The molecule has 7 heteroatoms. The Bertz CT molecular complexity index is 792. The van der Waals surface area contributed by atoms with Gasteiger partial charge in [0.1, 0.15) is 10.6 Å². The van der Waals surface area contributed by atoms with Crippen LogP contribution in [0.3, 0.4) is 0 Å². The van der Waals surface area contributed by atoms with Crippen molar-refractivity contribution in [2.75, 3.05) is 18.5 Å². The van der Waals surface area contributed by atoms with Crippen LogP contribution in [0.4, 0.5) is 5.00 Å². The van der Waals surface area contributed by atoms with Crippen molar-refractivity contribution in [1.82, 2.24) is 0 Å². The fourth-order valence-electron chi connectivity index (χ4n) is 1.92. The minimum absolute atomic E-state index is 0.194. The van der Waals surface area contributed by atoms with E-state index >= 15 is 0 Å². The molecule has 1 aromatic carbocycles. The summed E-state index contributed by atoms with van der Waals surface area (Å²) in [7, 11) is 0. The number of amides is 1. The van der Waals surface area contributed by atoms with Crippen LogP contribution in [0.5, 0.6) is 5.75 Å². The molecule has 6 nitrogen and oxygen atoms in total. The van der Waals surface area contributed by atoms with Gasteiger partial charge in [-0.15, -0.1) is 11.3 Å². The van der Waals surface area contributed by atoms with Crippen molar-refractivity contribution in [3.05, 3.63) is 46.3 Å². The minimum Gasteiger partial charge on any atom is -0.484 e. The lowest BCUT2D eigenvalue weighted by Crippen LogP contribution is -2.19. The molecule has 0 fully saturated rings. The molecule has 0 unspecified atom stereocenters. The topological polar surface area (TPSA) is 88.4 Å². The molecule has 2 aromatic rings. The SMILES string of the molecule is CCOC(=O)c1sc(NC(=O)COc2cccc(C#N)c2)cc1C. The predicted molar refractivity (Wildman–Crippen MR) is 90.3 cm³/mol. The van der Waals surface area contributed by atoms with Crippen molar-refractivity contribution in [3.63, 3.8) is 0 Å². The molecular weight excluding hydrogens is 328 g/mol. The fraction of sp³-hybridized carbons (Fsp3) is 0.235. The van der Waals surface area contributed by atoms with Crippen molar-refractivity contribution in [3.8, 4) is 11.8 Å². The summed E-state index contributed by atoms with van der Waals surface area (Å²) in [6, 6.07) is 10.3. The Kier molecular flexibility index (Phi) is 5.93. The summed E-state index contributed by atoms with van der Waals surface area (Å²) in [5, 5.41) is 12.1. The molecule has 1 N–H and O–H groups in total. The third-order valence-electron chi connectivity index (χ3n) is 2.97. The van der Waals surface area contributed by atoms with Crippen LogP contribution in [0.25, 0.3) is 0 Å². The second-order valence-electron chi connectivity index (χ2n) is 4.82. The standard InChI is InChI=1S/C17H16N2O4S/c1-3-22-17(21)16-11(2)7-15(24-16)19-14(20)10-23-13-6-4-5-12(8-13)9-18/h4-8H,3,10H2,1-2H3,(H,19,20). The van der Waals surface area contributed by atoms with Gasteiger partial charge in [-0.05, 0) is 43.7 Å². The van der Waals surface area contributed by atoms with Gasteiger partial charge in [-0.1, -0.05) is 6.07 Å². The molecule has 1 heterocycles.